The molecule has 10 heavy (non-hydrogen) atoms. The van der Waals surface area contributed by atoms with E-state index in [-0.39, 0.29) is 6.61 Å². The number of methoxy groups -OCH3 is 1. The molecule has 0 aliphatic rings. The van der Waals surface area contributed by atoms with Crippen molar-refractivity contribution in [3.63, 3.8) is 0 Å². The fourth-order valence-electron chi connectivity index (χ4n) is 0.328. The van der Waals surface area contributed by atoms with Gasteiger partial charge in [-0.15, -0.1) is 6.58 Å². The molecule has 58 valence electrons. The highest BCUT2D eigenvalue weighted by molar-refractivity contribution is 5.72. The van der Waals surface area contributed by atoms with Gasteiger partial charge in [-0.05, 0) is 0 Å². The number of aliphatic hydroxyl groups excluding tert-OH is 1. The highest BCUT2D eigenvalue weighted by atomic mass is 16.6. The Morgan fingerprint density at radius 2 is 2.50 bits per heavy atom. The summed E-state index contributed by atoms with van der Waals surface area (Å²) in [5, 5.41) is 8.70. The summed E-state index contributed by atoms with van der Waals surface area (Å²) in [6.45, 7) is 3.45. The molecule has 0 bridgehead atoms. The third-order valence-electron chi connectivity index (χ3n) is 0.775. The quantitative estimate of drug-likeness (QED) is 0.335. The summed E-state index contributed by atoms with van der Waals surface area (Å²) in [5.74, 6) is -0.804. The molecule has 0 aromatic carbocycles. The van der Waals surface area contributed by atoms with Gasteiger partial charge in [0.15, 0.2) is 0 Å². The first-order valence-corrected chi connectivity index (χ1v) is 2.70. The zero-order valence-corrected chi connectivity index (χ0v) is 5.74. The molecule has 4 heteroatoms. The number of aliphatic hydroxyl groups is 1. The summed E-state index contributed by atoms with van der Waals surface area (Å²) in [6.07, 6.45) is -0.0744. The Hall–Kier alpha value is -0.870. The van der Waals surface area contributed by atoms with Crippen molar-refractivity contribution in [3.05, 3.63) is 12.7 Å². The minimum absolute atomic E-state index is 0.121. The van der Waals surface area contributed by atoms with Crippen molar-refractivity contribution in [3.8, 4) is 0 Å². The molecular formula is C6H10O4. The maximum Gasteiger partial charge on any atom is 0.363 e. The lowest BCUT2D eigenvalue weighted by Gasteiger charge is -2.06. The van der Waals surface area contributed by atoms with Crippen LogP contribution in [0.2, 0.25) is 0 Å². The minimum atomic E-state index is -1.50. The zero-order chi connectivity index (χ0) is 7.98. The van der Waals surface area contributed by atoms with Crippen molar-refractivity contribution >= 4 is 5.97 Å². The Kier molecular flexibility index (Phi) is 4.53. The van der Waals surface area contributed by atoms with Gasteiger partial charge >= 0.3 is 5.97 Å². The fourth-order valence-corrected chi connectivity index (χ4v) is 0.328. The normalized spacial score (nSPS) is 12.2. The summed E-state index contributed by atoms with van der Waals surface area (Å²) in [7, 11) is 1.17. The maximum atomic E-state index is 10.4. The molecular weight excluding hydrogens is 136 g/mol. The van der Waals surface area contributed by atoms with Gasteiger partial charge in [0.25, 0.3) is 6.29 Å². The molecule has 0 rings (SSSR count). The van der Waals surface area contributed by atoms with Crippen LogP contribution in [0.5, 0.6) is 0 Å². The number of hydrogen-bond acceptors (Lipinski definition) is 4. The second-order valence-corrected chi connectivity index (χ2v) is 1.50. The van der Waals surface area contributed by atoms with Crippen molar-refractivity contribution < 1.29 is 19.4 Å². The molecule has 0 aliphatic carbocycles. The van der Waals surface area contributed by atoms with E-state index in [9.17, 15) is 4.79 Å². The van der Waals surface area contributed by atoms with E-state index in [1.807, 2.05) is 0 Å². The van der Waals surface area contributed by atoms with Gasteiger partial charge in [0, 0.05) is 0 Å². The van der Waals surface area contributed by atoms with Crippen molar-refractivity contribution in [2.75, 3.05) is 13.7 Å². The van der Waals surface area contributed by atoms with E-state index in [0.717, 1.165) is 0 Å². The van der Waals surface area contributed by atoms with Crippen LogP contribution in [0.25, 0.3) is 0 Å². The van der Waals surface area contributed by atoms with Gasteiger partial charge in [-0.1, -0.05) is 6.08 Å². The molecule has 0 aliphatic heterocycles. The molecule has 0 spiro atoms. The second-order valence-electron chi connectivity index (χ2n) is 1.50. The van der Waals surface area contributed by atoms with Crippen LogP contribution in [0.3, 0.4) is 0 Å². The summed E-state index contributed by atoms with van der Waals surface area (Å²) in [6, 6.07) is 0. The van der Waals surface area contributed by atoms with Gasteiger partial charge in [0.2, 0.25) is 0 Å². The van der Waals surface area contributed by atoms with Crippen LogP contribution in [0.4, 0.5) is 0 Å². The Labute approximate surface area is 59.1 Å². The van der Waals surface area contributed by atoms with Crippen LogP contribution in [0, 0.1) is 0 Å². The first-order valence-electron chi connectivity index (χ1n) is 2.70. The van der Waals surface area contributed by atoms with Gasteiger partial charge < -0.3 is 14.6 Å². The highest BCUT2D eigenvalue weighted by Gasteiger charge is 2.13. The largest absolute Gasteiger partial charge is 0.465 e. The summed E-state index contributed by atoms with van der Waals surface area (Å²) in [4.78, 5) is 10.4. The number of ether oxygens (including phenoxy) is 2. The Morgan fingerprint density at radius 1 is 1.90 bits per heavy atom. The molecule has 0 fully saturated rings. The lowest BCUT2D eigenvalue weighted by Crippen LogP contribution is -2.24. The van der Waals surface area contributed by atoms with Crippen LogP contribution in [-0.4, -0.2) is 31.1 Å². The van der Waals surface area contributed by atoms with Crippen LogP contribution in [0.1, 0.15) is 0 Å². The molecule has 1 N–H and O–H groups in total. The maximum absolute atomic E-state index is 10.4. The lowest BCUT2D eigenvalue weighted by atomic mass is 10.6. The average Bonchev–Trinajstić information content (AvgIpc) is 1.98. The summed E-state index contributed by atoms with van der Waals surface area (Å²) in [5.41, 5.74) is 0. The number of carbonyl (C=O) groups excluding carboxylic acids is 1. The first kappa shape index (κ1) is 9.13. The molecule has 0 heterocycles. The Morgan fingerprint density at radius 3 is 2.90 bits per heavy atom. The predicted octanol–water partition coefficient (Wildman–Crippen LogP) is -0.320. The number of hydrogen-bond donors (Lipinski definition) is 1. The van der Waals surface area contributed by atoms with E-state index >= 15 is 0 Å². The Balaban J connectivity index is 3.50. The van der Waals surface area contributed by atoms with E-state index in [0.29, 0.717) is 0 Å². The molecule has 0 aromatic rings. The summed E-state index contributed by atoms with van der Waals surface area (Å²) >= 11 is 0. The van der Waals surface area contributed by atoms with Crippen molar-refractivity contribution in [2.45, 2.75) is 6.29 Å². The van der Waals surface area contributed by atoms with Gasteiger partial charge in [-0.2, -0.15) is 0 Å². The highest BCUT2D eigenvalue weighted by Crippen LogP contribution is 1.89. The molecule has 0 saturated heterocycles. The monoisotopic (exact) mass is 146 g/mol. The van der Waals surface area contributed by atoms with Gasteiger partial charge in [0.1, 0.15) is 0 Å². The van der Waals surface area contributed by atoms with Crippen molar-refractivity contribution in [1.29, 1.82) is 0 Å². The van der Waals surface area contributed by atoms with Crippen molar-refractivity contribution in [2.24, 2.45) is 0 Å². The molecule has 1 atom stereocenters. The standard InChI is InChI=1S/C6H10O4/c1-3-4-10-6(8)5(7)9-2/h3,6,8H,1,4H2,2H3. The third-order valence-corrected chi connectivity index (χ3v) is 0.775. The van der Waals surface area contributed by atoms with E-state index in [2.05, 4.69) is 16.1 Å². The van der Waals surface area contributed by atoms with Gasteiger partial charge in [0.05, 0.1) is 13.7 Å². The molecule has 4 nitrogen and oxygen atoms in total. The van der Waals surface area contributed by atoms with Crippen LogP contribution in [-0.2, 0) is 14.3 Å². The van der Waals surface area contributed by atoms with E-state index in [1.54, 1.807) is 0 Å². The molecule has 1 unspecified atom stereocenters. The van der Waals surface area contributed by atoms with E-state index in [1.165, 1.54) is 13.2 Å². The van der Waals surface area contributed by atoms with E-state index < -0.39 is 12.3 Å². The Bertz CT molecular complexity index is 121. The lowest BCUT2D eigenvalue weighted by molar-refractivity contribution is -0.177. The molecule has 0 radical (unpaired) electrons. The van der Waals surface area contributed by atoms with Gasteiger partial charge in [-0.3, -0.25) is 0 Å². The minimum Gasteiger partial charge on any atom is -0.465 e. The van der Waals surface area contributed by atoms with Crippen LogP contribution in [0.15, 0.2) is 12.7 Å². The molecule has 0 amide bonds. The molecule has 0 saturated carbocycles. The topological polar surface area (TPSA) is 55.8 Å². The zero-order valence-electron chi connectivity index (χ0n) is 5.74. The average molecular weight is 146 g/mol. The SMILES string of the molecule is C=CCOC(O)C(=O)OC. The number of rotatable bonds is 4. The molecule has 0 aromatic heterocycles. The smallest absolute Gasteiger partial charge is 0.363 e. The number of carbonyl (C=O) groups is 1. The van der Waals surface area contributed by atoms with E-state index in [4.69, 9.17) is 5.11 Å². The second kappa shape index (κ2) is 4.96. The van der Waals surface area contributed by atoms with Gasteiger partial charge in [-0.25, -0.2) is 4.79 Å². The third kappa shape index (κ3) is 3.21. The first-order chi connectivity index (χ1) is 4.72. The number of esters is 1. The van der Waals surface area contributed by atoms with Crippen LogP contribution >= 0.6 is 0 Å². The van der Waals surface area contributed by atoms with Crippen LogP contribution < -0.4 is 0 Å². The fraction of sp³-hybridized carbons (Fsp3) is 0.500. The van der Waals surface area contributed by atoms with Crippen molar-refractivity contribution in [1.82, 2.24) is 0 Å². The predicted molar refractivity (Wildman–Crippen MR) is 34.2 cm³/mol. The summed E-state index contributed by atoms with van der Waals surface area (Å²) < 4.78 is 8.67.